The van der Waals surface area contributed by atoms with Crippen molar-refractivity contribution >= 4 is 5.97 Å². The molecule has 0 spiro atoms. The summed E-state index contributed by atoms with van der Waals surface area (Å²) in [6, 6.07) is 0. The maximum Gasteiger partial charge on any atom is 0.311 e. The Morgan fingerprint density at radius 2 is 2.04 bits per heavy atom. The van der Waals surface area contributed by atoms with Gasteiger partial charge < -0.3 is 4.74 Å². The van der Waals surface area contributed by atoms with Crippen LogP contribution in [0.25, 0.3) is 0 Å². The number of esters is 1. The number of rotatable bonds is 5. The van der Waals surface area contributed by atoms with Crippen molar-refractivity contribution in [3.8, 4) is 12.3 Å². The Balaban J connectivity index is 2.02. The second-order valence-electron chi connectivity index (χ2n) is 7.63. The van der Waals surface area contributed by atoms with Gasteiger partial charge in [0.05, 0.1) is 5.92 Å². The monoisotopic (exact) mass is 312 g/mol. The van der Waals surface area contributed by atoms with E-state index in [1.807, 2.05) is 6.92 Å². The van der Waals surface area contributed by atoms with Gasteiger partial charge in [-0.2, -0.15) is 0 Å². The van der Waals surface area contributed by atoms with Crippen LogP contribution in [0, 0.1) is 35.5 Å². The molecule has 0 aromatic carbocycles. The molecule has 0 saturated heterocycles. The molecule has 4 unspecified atom stereocenters. The van der Waals surface area contributed by atoms with Gasteiger partial charge in [-0.15, -0.1) is 6.42 Å². The molecule has 0 aromatic rings. The Bertz CT molecular complexity index is 594. The molecule has 1 saturated carbocycles. The second-order valence-corrected chi connectivity index (χ2v) is 7.63. The van der Waals surface area contributed by atoms with Crippen LogP contribution in [0.1, 0.15) is 47.5 Å². The fourth-order valence-electron chi connectivity index (χ4n) is 3.47. The second kappa shape index (κ2) is 6.79. The molecule has 0 amide bonds. The van der Waals surface area contributed by atoms with Gasteiger partial charge in [0, 0.05) is 0 Å². The third kappa shape index (κ3) is 3.96. The SMILES string of the molecule is C#CC(OC(=O)C1C(C=C(C)C)C1(C)C)C(C)=CC1C=CCC1. The van der Waals surface area contributed by atoms with E-state index in [1.54, 1.807) is 0 Å². The van der Waals surface area contributed by atoms with Gasteiger partial charge in [0.25, 0.3) is 0 Å². The van der Waals surface area contributed by atoms with Crippen molar-refractivity contribution in [2.24, 2.45) is 23.2 Å². The van der Waals surface area contributed by atoms with E-state index in [0.717, 1.165) is 18.4 Å². The van der Waals surface area contributed by atoms with Crippen LogP contribution >= 0.6 is 0 Å². The van der Waals surface area contributed by atoms with E-state index < -0.39 is 6.10 Å². The van der Waals surface area contributed by atoms with E-state index in [-0.39, 0.29) is 23.2 Å². The van der Waals surface area contributed by atoms with E-state index in [4.69, 9.17) is 11.2 Å². The van der Waals surface area contributed by atoms with E-state index in [1.165, 1.54) is 5.57 Å². The summed E-state index contributed by atoms with van der Waals surface area (Å²) in [7, 11) is 0. The molecular formula is C21H28O2. The molecule has 4 atom stereocenters. The van der Waals surface area contributed by atoms with Crippen LogP contribution in [0.5, 0.6) is 0 Å². The van der Waals surface area contributed by atoms with Gasteiger partial charge in [0.1, 0.15) is 0 Å². The molecule has 0 N–H and O–H groups in total. The average Bonchev–Trinajstić information content (AvgIpc) is 2.81. The number of ether oxygens (including phenoxy) is 1. The van der Waals surface area contributed by atoms with Crippen LogP contribution in [0.15, 0.2) is 35.5 Å². The zero-order valence-corrected chi connectivity index (χ0v) is 14.9. The zero-order valence-electron chi connectivity index (χ0n) is 14.9. The van der Waals surface area contributed by atoms with Crippen molar-refractivity contribution in [1.82, 2.24) is 0 Å². The molecule has 2 aliphatic rings. The summed E-state index contributed by atoms with van der Waals surface area (Å²) in [5, 5.41) is 0. The van der Waals surface area contributed by atoms with Crippen LogP contribution < -0.4 is 0 Å². The predicted molar refractivity (Wildman–Crippen MR) is 94.5 cm³/mol. The van der Waals surface area contributed by atoms with E-state index in [9.17, 15) is 4.79 Å². The van der Waals surface area contributed by atoms with E-state index in [0.29, 0.717) is 5.92 Å². The molecule has 23 heavy (non-hydrogen) atoms. The lowest BCUT2D eigenvalue weighted by molar-refractivity contribution is -0.147. The molecule has 1 fully saturated rings. The highest BCUT2D eigenvalue weighted by atomic mass is 16.5. The summed E-state index contributed by atoms with van der Waals surface area (Å²) in [4.78, 5) is 12.5. The highest BCUT2D eigenvalue weighted by Gasteiger charge is 2.61. The topological polar surface area (TPSA) is 26.3 Å². The Hall–Kier alpha value is -1.75. The van der Waals surface area contributed by atoms with Crippen molar-refractivity contribution in [1.29, 1.82) is 0 Å². The van der Waals surface area contributed by atoms with Crippen LogP contribution in [0.3, 0.4) is 0 Å². The lowest BCUT2D eigenvalue weighted by Gasteiger charge is -2.15. The number of carbonyl (C=O) groups excluding carboxylic acids is 1. The van der Waals surface area contributed by atoms with Crippen molar-refractivity contribution in [2.75, 3.05) is 0 Å². The van der Waals surface area contributed by atoms with Gasteiger partial charge in [-0.25, -0.2) is 0 Å². The smallest absolute Gasteiger partial charge is 0.311 e. The van der Waals surface area contributed by atoms with Gasteiger partial charge in [-0.1, -0.05) is 49.6 Å². The molecule has 0 radical (unpaired) electrons. The van der Waals surface area contributed by atoms with Crippen molar-refractivity contribution in [3.63, 3.8) is 0 Å². The van der Waals surface area contributed by atoms with Crippen LogP contribution in [-0.2, 0) is 9.53 Å². The maximum absolute atomic E-state index is 12.5. The van der Waals surface area contributed by atoms with Crippen molar-refractivity contribution in [2.45, 2.75) is 53.6 Å². The normalized spacial score (nSPS) is 29.6. The summed E-state index contributed by atoms with van der Waals surface area (Å²) in [5.74, 6) is 3.03. The first kappa shape index (κ1) is 17.6. The highest BCUT2D eigenvalue weighted by Crippen LogP contribution is 2.60. The molecule has 0 aliphatic heterocycles. The van der Waals surface area contributed by atoms with Crippen LogP contribution in [-0.4, -0.2) is 12.1 Å². The molecule has 2 rings (SSSR count). The van der Waals surface area contributed by atoms with E-state index >= 15 is 0 Å². The fraction of sp³-hybridized carbons (Fsp3) is 0.571. The fourth-order valence-corrected chi connectivity index (χ4v) is 3.47. The molecule has 0 bridgehead atoms. The molecule has 2 aliphatic carbocycles. The molecule has 2 heteroatoms. The summed E-state index contributed by atoms with van der Waals surface area (Å²) in [6.07, 6.45) is 15.9. The maximum atomic E-state index is 12.5. The highest BCUT2D eigenvalue weighted by molar-refractivity contribution is 5.79. The van der Waals surface area contributed by atoms with Gasteiger partial charge in [0.2, 0.25) is 0 Å². The summed E-state index contributed by atoms with van der Waals surface area (Å²) in [6.45, 7) is 10.3. The lowest BCUT2D eigenvalue weighted by Crippen LogP contribution is -2.21. The van der Waals surface area contributed by atoms with Crippen molar-refractivity contribution < 1.29 is 9.53 Å². The molecular weight excluding hydrogens is 284 g/mol. The third-order valence-electron chi connectivity index (χ3n) is 5.00. The summed E-state index contributed by atoms with van der Waals surface area (Å²) in [5.41, 5.74) is 2.14. The van der Waals surface area contributed by atoms with Gasteiger partial charge in [-0.3, -0.25) is 4.79 Å². The number of hydrogen-bond donors (Lipinski definition) is 0. The minimum Gasteiger partial charge on any atom is -0.444 e. The standard InChI is InChI=1S/C21H28O2/c1-7-18(15(4)13-16-10-8-9-11-16)23-20(22)19-17(12-14(2)3)21(19,5)6/h1,8,10,12-13,16-19H,9,11H2,2-6H3. The first-order valence-electron chi connectivity index (χ1n) is 8.44. The van der Waals surface area contributed by atoms with Gasteiger partial charge in [-0.05, 0) is 56.4 Å². The quantitative estimate of drug-likeness (QED) is 0.418. The van der Waals surface area contributed by atoms with Crippen LogP contribution in [0.2, 0.25) is 0 Å². The summed E-state index contributed by atoms with van der Waals surface area (Å²) >= 11 is 0. The minimum absolute atomic E-state index is 0.0424. The molecule has 0 aromatic heterocycles. The van der Waals surface area contributed by atoms with Gasteiger partial charge in [0.15, 0.2) is 6.10 Å². The third-order valence-corrected chi connectivity index (χ3v) is 5.00. The predicted octanol–water partition coefficient (Wildman–Crippen LogP) is 4.68. The number of carbonyl (C=O) groups is 1. The Morgan fingerprint density at radius 3 is 2.57 bits per heavy atom. The first-order chi connectivity index (χ1) is 10.8. The Morgan fingerprint density at radius 1 is 1.35 bits per heavy atom. The molecule has 0 heterocycles. The molecule has 124 valence electrons. The molecule has 2 nitrogen and oxygen atoms in total. The lowest BCUT2D eigenvalue weighted by atomic mass is 10.0. The summed E-state index contributed by atoms with van der Waals surface area (Å²) < 4.78 is 5.65. The minimum atomic E-state index is -0.555. The average molecular weight is 312 g/mol. The zero-order chi connectivity index (χ0) is 17.2. The Labute approximate surface area is 140 Å². The Kier molecular flexibility index (Phi) is 5.19. The van der Waals surface area contributed by atoms with Gasteiger partial charge >= 0.3 is 5.97 Å². The van der Waals surface area contributed by atoms with E-state index in [2.05, 4.69) is 57.9 Å². The number of allylic oxidation sites excluding steroid dienone is 5. The first-order valence-corrected chi connectivity index (χ1v) is 8.44. The van der Waals surface area contributed by atoms with Crippen molar-refractivity contribution in [3.05, 3.63) is 35.5 Å². The van der Waals surface area contributed by atoms with Crippen LogP contribution in [0.4, 0.5) is 0 Å². The largest absolute Gasteiger partial charge is 0.444 e. The number of hydrogen-bond acceptors (Lipinski definition) is 2. The number of terminal acetylenes is 1.